The van der Waals surface area contributed by atoms with Crippen LogP contribution in [0, 0.1) is 0 Å². The molecule has 0 atom stereocenters. The third-order valence-electron chi connectivity index (χ3n) is 2.42. The molecule has 2 rings (SSSR count). The second-order valence-electron chi connectivity index (χ2n) is 3.61. The molecule has 0 fully saturated rings. The third kappa shape index (κ3) is 1.61. The maximum absolute atomic E-state index is 5.35. The van der Waals surface area contributed by atoms with Crippen LogP contribution in [0.4, 0.5) is 5.69 Å². The first-order valence-electron chi connectivity index (χ1n) is 4.82. The van der Waals surface area contributed by atoms with E-state index in [1.165, 1.54) is 5.39 Å². The monoisotopic (exact) mass is 202 g/mol. The molecule has 0 N–H and O–H groups in total. The SMILES string of the molecule is COc1ccc2ccncc2c1N(C)C. The van der Waals surface area contributed by atoms with E-state index in [1.54, 1.807) is 13.3 Å². The summed E-state index contributed by atoms with van der Waals surface area (Å²) in [6.07, 6.45) is 3.67. The Bertz CT molecular complexity index is 480. The van der Waals surface area contributed by atoms with Crippen LogP contribution >= 0.6 is 0 Å². The molecule has 0 amide bonds. The molecule has 1 aromatic carbocycles. The molecule has 15 heavy (non-hydrogen) atoms. The van der Waals surface area contributed by atoms with Crippen molar-refractivity contribution >= 4 is 16.5 Å². The lowest BCUT2D eigenvalue weighted by Crippen LogP contribution is -2.10. The summed E-state index contributed by atoms with van der Waals surface area (Å²) in [5.74, 6) is 0.875. The molecule has 0 radical (unpaired) electrons. The summed E-state index contributed by atoms with van der Waals surface area (Å²) in [5, 5.41) is 2.29. The van der Waals surface area contributed by atoms with Crippen LogP contribution in [0.2, 0.25) is 0 Å². The van der Waals surface area contributed by atoms with Gasteiger partial charge < -0.3 is 9.64 Å². The summed E-state index contributed by atoms with van der Waals surface area (Å²) in [4.78, 5) is 6.19. The van der Waals surface area contributed by atoms with E-state index in [2.05, 4.69) is 4.98 Å². The number of aromatic nitrogens is 1. The summed E-state index contributed by atoms with van der Waals surface area (Å²) >= 11 is 0. The van der Waals surface area contributed by atoms with E-state index in [9.17, 15) is 0 Å². The number of nitrogens with zero attached hydrogens (tertiary/aromatic N) is 2. The van der Waals surface area contributed by atoms with E-state index in [0.29, 0.717) is 0 Å². The maximum Gasteiger partial charge on any atom is 0.142 e. The van der Waals surface area contributed by atoms with Gasteiger partial charge in [0.15, 0.2) is 0 Å². The van der Waals surface area contributed by atoms with Gasteiger partial charge in [0.05, 0.1) is 12.8 Å². The quantitative estimate of drug-likeness (QED) is 0.747. The van der Waals surface area contributed by atoms with Gasteiger partial charge in [-0.15, -0.1) is 0 Å². The zero-order valence-corrected chi connectivity index (χ0v) is 9.19. The average molecular weight is 202 g/mol. The van der Waals surface area contributed by atoms with Crippen LogP contribution in [0.1, 0.15) is 0 Å². The molecule has 1 heterocycles. The summed E-state index contributed by atoms with van der Waals surface area (Å²) in [6.45, 7) is 0. The Morgan fingerprint density at radius 3 is 2.67 bits per heavy atom. The second-order valence-corrected chi connectivity index (χ2v) is 3.61. The lowest BCUT2D eigenvalue weighted by atomic mass is 10.1. The van der Waals surface area contributed by atoms with Gasteiger partial charge in [-0.25, -0.2) is 0 Å². The summed E-state index contributed by atoms with van der Waals surface area (Å²) in [5.41, 5.74) is 1.07. The van der Waals surface area contributed by atoms with Crippen molar-refractivity contribution in [2.45, 2.75) is 0 Å². The fraction of sp³-hybridized carbons (Fsp3) is 0.250. The summed E-state index contributed by atoms with van der Waals surface area (Å²) in [7, 11) is 5.69. The van der Waals surface area contributed by atoms with Gasteiger partial charge in [0.1, 0.15) is 5.75 Å². The van der Waals surface area contributed by atoms with E-state index in [4.69, 9.17) is 4.74 Å². The van der Waals surface area contributed by atoms with Crippen molar-refractivity contribution < 1.29 is 4.74 Å². The zero-order valence-electron chi connectivity index (χ0n) is 9.19. The maximum atomic E-state index is 5.35. The Kier molecular flexibility index (Phi) is 2.46. The van der Waals surface area contributed by atoms with E-state index < -0.39 is 0 Å². The first kappa shape index (κ1) is 9.77. The van der Waals surface area contributed by atoms with Crippen molar-refractivity contribution in [3.05, 3.63) is 30.6 Å². The molecule has 0 bridgehead atoms. The van der Waals surface area contributed by atoms with E-state index in [0.717, 1.165) is 16.8 Å². The van der Waals surface area contributed by atoms with Crippen molar-refractivity contribution in [3.63, 3.8) is 0 Å². The van der Waals surface area contributed by atoms with Crippen molar-refractivity contribution in [2.24, 2.45) is 0 Å². The fourth-order valence-corrected chi connectivity index (χ4v) is 1.75. The van der Waals surface area contributed by atoms with Gasteiger partial charge in [0.2, 0.25) is 0 Å². The van der Waals surface area contributed by atoms with Crippen LogP contribution < -0.4 is 9.64 Å². The number of hydrogen-bond donors (Lipinski definition) is 0. The van der Waals surface area contributed by atoms with Gasteiger partial charge in [0, 0.05) is 31.9 Å². The molecule has 0 saturated carbocycles. The lowest BCUT2D eigenvalue weighted by molar-refractivity contribution is 0.416. The summed E-state index contributed by atoms with van der Waals surface area (Å²) in [6, 6.07) is 6.03. The topological polar surface area (TPSA) is 25.4 Å². The summed E-state index contributed by atoms with van der Waals surface area (Å²) < 4.78 is 5.35. The number of pyridine rings is 1. The molecule has 0 aliphatic carbocycles. The normalized spacial score (nSPS) is 10.3. The highest BCUT2D eigenvalue weighted by atomic mass is 16.5. The van der Waals surface area contributed by atoms with Gasteiger partial charge in [0.25, 0.3) is 0 Å². The molecule has 0 spiro atoms. The van der Waals surface area contributed by atoms with E-state index in [1.807, 2.05) is 43.4 Å². The van der Waals surface area contributed by atoms with Gasteiger partial charge in [-0.2, -0.15) is 0 Å². The molecule has 78 valence electrons. The number of rotatable bonds is 2. The fourth-order valence-electron chi connectivity index (χ4n) is 1.75. The standard InChI is InChI=1S/C12H14N2O/c1-14(2)12-10-8-13-7-6-9(10)4-5-11(12)15-3/h4-8H,1-3H3. The Labute approximate surface area is 89.3 Å². The number of methoxy groups -OCH3 is 1. The van der Waals surface area contributed by atoms with Crippen LogP contribution in [0.5, 0.6) is 5.75 Å². The largest absolute Gasteiger partial charge is 0.495 e. The molecular weight excluding hydrogens is 188 g/mol. The van der Waals surface area contributed by atoms with Crippen LogP contribution in [0.3, 0.4) is 0 Å². The minimum Gasteiger partial charge on any atom is -0.495 e. The molecular formula is C12H14N2O. The molecule has 3 nitrogen and oxygen atoms in total. The highest BCUT2D eigenvalue weighted by Crippen LogP contribution is 2.34. The molecule has 0 unspecified atom stereocenters. The average Bonchev–Trinajstić information content (AvgIpc) is 2.27. The molecule has 1 aromatic heterocycles. The second kappa shape index (κ2) is 3.77. The van der Waals surface area contributed by atoms with Crippen molar-refractivity contribution in [1.29, 1.82) is 0 Å². The number of hydrogen-bond acceptors (Lipinski definition) is 3. The van der Waals surface area contributed by atoms with Gasteiger partial charge >= 0.3 is 0 Å². The third-order valence-corrected chi connectivity index (χ3v) is 2.42. The van der Waals surface area contributed by atoms with Crippen LogP contribution in [0.25, 0.3) is 10.8 Å². The van der Waals surface area contributed by atoms with E-state index in [-0.39, 0.29) is 0 Å². The molecule has 2 aromatic rings. The van der Waals surface area contributed by atoms with Crippen molar-refractivity contribution in [2.75, 3.05) is 26.1 Å². The Morgan fingerprint density at radius 2 is 2.00 bits per heavy atom. The van der Waals surface area contributed by atoms with Crippen LogP contribution in [0.15, 0.2) is 30.6 Å². The molecule has 0 saturated heterocycles. The zero-order chi connectivity index (χ0) is 10.8. The number of benzene rings is 1. The minimum atomic E-state index is 0.875. The van der Waals surface area contributed by atoms with Gasteiger partial charge in [-0.3, -0.25) is 4.98 Å². The van der Waals surface area contributed by atoms with Crippen LogP contribution in [-0.2, 0) is 0 Å². The molecule has 0 aliphatic rings. The highest BCUT2D eigenvalue weighted by molar-refractivity contribution is 5.96. The number of anilines is 1. The predicted molar refractivity (Wildman–Crippen MR) is 62.6 cm³/mol. The smallest absolute Gasteiger partial charge is 0.142 e. The van der Waals surface area contributed by atoms with Gasteiger partial charge in [-0.1, -0.05) is 6.07 Å². The van der Waals surface area contributed by atoms with Crippen molar-refractivity contribution in [1.82, 2.24) is 4.98 Å². The van der Waals surface area contributed by atoms with Gasteiger partial charge in [-0.05, 0) is 17.5 Å². The first-order chi connectivity index (χ1) is 7.24. The van der Waals surface area contributed by atoms with Crippen molar-refractivity contribution in [3.8, 4) is 5.75 Å². The Balaban J connectivity index is 2.79. The Morgan fingerprint density at radius 1 is 1.20 bits per heavy atom. The molecule has 0 aliphatic heterocycles. The Hall–Kier alpha value is -1.77. The van der Waals surface area contributed by atoms with Crippen LogP contribution in [-0.4, -0.2) is 26.2 Å². The first-order valence-corrected chi connectivity index (χ1v) is 4.82. The highest BCUT2D eigenvalue weighted by Gasteiger charge is 2.09. The minimum absolute atomic E-state index is 0.875. The lowest BCUT2D eigenvalue weighted by Gasteiger charge is -2.18. The number of fused-ring (bicyclic) bond motifs is 1. The number of ether oxygens (including phenoxy) is 1. The molecule has 3 heteroatoms. The predicted octanol–water partition coefficient (Wildman–Crippen LogP) is 2.31. The van der Waals surface area contributed by atoms with E-state index >= 15 is 0 Å².